The van der Waals surface area contributed by atoms with Gasteiger partial charge in [-0.3, -0.25) is 0 Å². The first-order valence-electron chi connectivity index (χ1n) is 7.06. The smallest absolute Gasteiger partial charge is 0.257 e. The van der Waals surface area contributed by atoms with Crippen LogP contribution in [0.25, 0.3) is 11.3 Å². The molecule has 0 spiro atoms. The van der Waals surface area contributed by atoms with Gasteiger partial charge in [0.1, 0.15) is 0 Å². The van der Waals surface area contributed by atoms with Crippen LogP contribution in [0.3, 0.4) is 0 Å². The molecular weight excluding hydrogens is 332 g/mol. The highest BCUT2D eigenvalue weighted by Crippen LogP contribution is 2.27. The molecule has 0 radical (unpaired) electrons. The van der Waals surface area contributed by atoms with Crippen molar-refractivity contribution in [1.82, 2.24) is 19.7 Å². The Morgan fingerprint density at radius 3 is 2.74 bits per heavy atom. The van der Waals surface area contributed by atoms with E-state index in [0.717, 1.165) is 21.1 Å². The van der Waals surface area contributed by atoms with Crippen LogP contribution in [0.5, 0.6) is 0 Å². The second-order valence-electron chi connectivity index (χ2n) is 4.94. The molecule has 6 nitrogen and oxygen atoms in total. The molecule has 3 aromatic rings. The van der Waals surface area contributed by atoms with E-state index < -0.39 is 10.0 Å². The first-order valence-corrected chi connectivity index (χ1v) is 9.36. The quantitative estimate of drug-likeness (QED) is 0.716. The van der Waals surface area contributed by atoms with E-state index in [-0.39, 0.29) is 5.03 Å². The van der Waals surface area contributed by atoms with Gasteiger partial charge in [0.2, 0.25) is 0 Å². The van der Waals surface area contributed by atoms with Crippen LogP contribution < -0.4 is 4.72 Å². The Kier molecular flexibility index (Phi) is 4.56. The van der Waals surface area contributed by atoms with Gasteiger partial charge in [0.15, 0.2) is 5.03 Å². The van der Waals surface area contributed by atoms with Gasteiger partial charge >= 0.3 is 0 Å². The number of aromatic amines is 1. The van der Waals surface area contributed by atoms with Crippen molar-refractivity contribution < 1.29 is 8.42 Å². The summed E-state index contributed by atoms with van der Waals surface area (Å²) in [5, 5.41) is 0.978. The molecule has 0 amide bonds. The van der Waals surface area contributed by atoms with Gasteiger partial charge in [-0.1, -0.05) is 30.3 Å². The Hall–Kier alpha value is -2.03. The molecule has 0 bridgehead atoms. The van der Waals surface area contributed by atoms with Crippen LogP contribution in [0.2, 0.25) is 0 Å². The summed E-state index contributed by atoms with van der Waals surface area (Å²) < 4.78 is 26.5. The van der Waals surface area contributed by atoms with Crippen LogP contribution in [-0.4, -0.2) is 29.9 Å². The van der Waals surface area contributed by atoms with E-state index in [1.807, 2.05) is 37.3 Å². The molecule has 0 atom stereocenters. The third-order valence-electron chi connectivity index (χ3n) is 3.28. The number of benzene rings is 1. The van der Waals surface area contributed by atoms with Crippen LogP contribution in [-0.2, 0) is 16.4 Å². The Bertz CT molecular complexity index is 872. The van der Waals surface area contributed by atoms with Crippen molar-refractivity contribution >= 4 is 21.4 Å². The maximum absolute atomic E-state index is 12.0. The van der Waals surface area contributed by atoms with Gasteiger partial charge in [-0.25, -0.2) is 23.1 Å². The molecule has 0 fully saturated rings. The number of sulfonamides is 1. The van der Waals surface area contributed by atoms with Crippen molar-refractivity contribution in [3.05, 3.63) is 52.7 Å². The molecule has 0 aliphatic carbocycles. The summed E-state index contributed by atoms with van der Waals surface area (Å²) in [6.45, 7) is 2.32. The largest absolute Gasteiger partial charge is 0.335 e. The predicted octanol–water partition coefficient (Wildman–Crippen LogP) is 2.36. The fraction of sp³-hybridized carbons (Fsp3) is 0.200. The summed E-state index contributed by atoms with van der Waals surface area (Å²) in [6, 6.07) is 9.97. The minimum atomic E-state index is -3.53. The van der Waals surface area contributed by atoms with Crippen LogP contribution in [0.1, 0.15) is 9.88 Å². The highest BCUT2D eigenvalue weighted by molar-refractivity contribution is 7.89. The first kappa shape index (κ1) is 15.9. The number of hydrogen-bond donors (Lipinski definition) is 2. The highest BCUT2D eigenvalue weighted by Gasteiger charge is 2.15. The standard InChI is InChI=1S/C15H16N4O2S2/c1-11-15(12-5-3-2-4-6-12)19-13(22-11)7-8-18-23(20,21)14-9-16-10-17-14/h2-6,9-10,18H,7-8H2,1H3,(H,16,17). The molecule has 0 saturated heterocycles. The van der Waals surface area contributed by atoms with Crippen molar-refractivity contribution in [3.63, 3.8) is 0 Å². The van der Waals surface area contributed by atoms with Crippen molar-refractivity contribution in [2.24, 2.45) is 0 Å². The molecule has 8 heteroatoms. The van der Waals surface area contributed by atoms with Gasteiger partial charge in [0.05, 0.1) is 23.2 Å². The topological polar surface area (TPSA) is 87.7 Å². The molecule has 1 aromatic carbocycles. The Balaban J connectivity index is 1.66. The van der Waals surface area contributed by atoms with E-state index >= 15 is 0 Å². The number of H-pyrrole nitrogens is 1. The summed E-state index contributed by atoms with van der Waals surface area (Å²) in [7, 11) is -3.53. The number of rotatable bonds is 6. The highest BCUT2D eigenvalue weighted by atomic mass is 32.2. The van der Waals surface area contributed by atoms with Crippen LogP contribution in [0.4, 0.5) is 0 Å². The lowest BCUT2D eigenvalue weighted by molar-refractivity contribution is 0.578. The molecule has 3 rings (SSSR count). The summed E-state index contributed by atoms with van der Waals surface area (Å²) in [4.78, 5) is 12.1. The zero-order chi connectivity index (χ0) is 16.3. The Morgan fingerprint density at radius 1 is 1.26 bits per heavy atom. The van der Waals surface area contributed by atoms with Crippen LogP contribution in [0.15, 0.2) is 47.9 Å². The molecule has 0 aliphatic rings. The zero-order valence-corrected chi connectivity index (χ0v) is 14.1. The van der Waals surface area contributed by atoms with Crippen molar-refractivity contribution in [3.8, 4) is 11.3 Å². The molecule has 2 aromatic heterocycles. The third kappa shape index (κ3) is 3.66. The summed E-state index contributed by atoms with van der Waals surface area (Å²) in [5.74, 6) is 0. The molecular formula is C15H16N4O2S2. The van der Waals surface area contributed by atoms with Gasteiger partial charge in [0, 0.05) is 23.4 Å². The van der Waals surface area contributed by atoms with E-state index in [1.54, 1.807) is 11.3 Å². The first-order chi connectivity index (χ1) is 11.1. The average molecular weight is 348 g/mol. The van der Waals surface area contributed by atoms with Gasteiger partial charge in [-0.05, 0) is 6.92 Å². The number of nitrogens with zero attached hydrogens (tertiary/aromatic N) is 2. The minimum absolute atomic E-state index is 0.0674. The monoisotopic (exact) mass is 348 g/mol. The second kappa shape index (κ2) is 6.61. The van der Waals surface area contributed by atoms with Gasteiger partial charge in [0.25, 0.3) is 10.0 Å². The number of nitrogens with one attached hydrogen (secondary N) is 2. The van der Waals surface area contributed by atoms with Crippen LogP contribution >= 0.6 is 11.3 Å². The van der Waals surface area contributed by atoms with Gasteiger partial charge < -0.3 is 4.98 Å². The lowest BCUT2D eigenvalue weighted by Crippen LogP contribution is -2.26. The normalized spacial score (nSPS) is 11.7. The molecule has 0 unspecified atom stereocenters. The van der Waals surface area contributed by atoms with Crippen molar-refractivity contribution in [2.75, 3.05) is 6.54 Å². The van der Waals surface area contributed by atoms with Crippen molar-refractivity contribution in [1.29, 1.82) is 0 Å². The van der Waals surface area contributed by atoms with E-state index in [0.29, 0.717) is 13.0 Å². The molecule has 0 saturated carbocycles. The SMILES string of the molecule is Cc1sc(CCNS(=O)(=O)c2cnc[nH]2)nc1-c1ccccc1. The average Bonchev–Trinajstić information content (AvgIpc) is 3.18. The number of aromatic nitrogens is 3. The molecule has 120 valence electrons. The molecule has 2 heterocycles. The number of thiazole rings is 1. The summed E-state index contributed by atoms with van der Waals surface area (Å²) in [5.41, 5.74) is 2.03. The van der Waals surface area contributed by atoms with E-state index in [9.17, 15) is 8.42 Å². The maximum atomic E-state index is 12.0. The summed E-state index contributed by atoms with van der Waals surface area (Å²) in [6.07, 6.45) is 3.17. The predicted molar refractivity (Wildman–Crippen MR) is 89.8 cm³/mol. The fourth-order valence-corrected chi connectivity index (χ4v) is 4.07. The number of aryl methyl sites for hydroxylation is 1. The van der Waals surface area contributed by atoms with Gasteiger partial charge in [-0.2, -0.15) is 0 Å². The third-order valence-corrected chi connectivity index (χ3v) is 5.70. The van der Waals surface area contributed by atoms with E-state index in [4.69, 9.17) is 0 Å². The zero-order valence-electron chi connectivity index (χ0n) is 12.5. The second-order valence-corrected chi connectivity index (χ2v) is 7.97. The molecule has 23 heavy (non-hydrogen) atoms. The van der Waals surface area contributed by atoms with Crippen molar-refractivity contribution in [2.45, 2.75) is 18.4 Å². The lowest BCUT2D eigenvalue weighted by atomic mass is 10.1. The lowest BCUT2D eigenvalue weighted by Gasteiger charge is -2.02. The van der Waals surface area contributed by atoms with Crippen LogP contribution in [0, 0.1) is 6.92 Å². The fourth-order valence-electron chi connectivity index (χ4n) is 2.18. The van der Waals surface area contributed by atoms with E-state index in [2.05, 4.69) is 19.7 Å². The Morgan fingerprint density at radius 2 is 2.04 bits per heavy atom. The van der Waals surface area contributed by atoms with E-state index in [1.165, 1.54) is 12.5 Å². The summed E-state index contributed by atoms with van der Waals surface area (Å²) >= 11 is 1.59. The van der Waals surface area contributed by atoms with Gasteiger partial charge in [-0.15, -0.1) is 11.3 Å². The number of hydrogen-bond acceptors (Lipinski definition) is 5. The molecule has 0 aliphatic heterocycles. The Labute approximate surface area is 138 Å². The number of imidazole rings is 1. The maximum Gasteiger partial charge on any atom is 0.257 e. The minimum Gasteiger partial charge on any atom is -0.335 e. The molecule has 2 N–H and O–H groups in total.